The first-order chi connectivity index (χ1) is 13.2. The van der Waals surface area contributed by atoms with Crippen LogP contribution in [-0.4, -0.2) is 14.5 Å². The molecule has 0 saturated heterocycles. The SMILES string of the molecule is Cc1cccc2c3cccc(C)c3n(-c3ccc(-c4ncccn4)cc3)c12. The second-order valence-corrected chi connectivity index (χ2v) is 6.90. The maximum absolute atomic E-state index is 4.35. The monoisotopic (exact) mass is 349 g/mol. The minimum Gasteiger partial charge on any atom is -0.309 e. The molecule has 0 fully saturated rings. The molecule has 2 heterocycles. The lowest BCUT2D eigenvalue weighted by atomic mass is 10.1. The number of aryl methyl sites for hydroxylation is 2. The highest BCUT2D eigenvalue weighted by molar-refractivity contribution is 6.11. The molecule has 0 radical (unpaired) electrons. The van der Waals surface area contributed by atoms with E-state index in [-0.39, 0.29) is 0 Å². The zero-order valence-electron chi connectivity index (χ0n) is 15.3. The molecule has 0 saturated carbocycles. The summed E-state index contributed by atoms with van der Waals surface area (Å²) in [6, 6.07) is 23.4. The summed E-state index contributed by atoms with van der Waals surface area (Å²) in [7, 11) is 0. The predicted octanol–water partition coefficient (Wildman–Crippen LogP) is 5.86. The van der Waals surface area contributed by atoms with Crippen molar-refractivity contribution in [1.29, 1.82) is 0 Å². The number of hydrogen-bond acceptors (Lipinski definition) is 2. The quantitative estimate of drug-likeness (QED) is 0.400. The van der Waals surface area contributed by atoms with Gasteiger partial charge in [-0.1, -0.05) is 36.4 Å². The van der Waals surface area contributed by atoms with Crippen LogP contribution in [-0.2, 0) is 0 Å². The highest BCUT2D eigenvalue weighted by Gasteiger charge is 2.15. The van der Waals surface area contributed by atoms with Crippen LogP contribution in [0.5, 0.6) is 0 Å². The lowest BCUT2D eigenvalue weighted by molar-refractivity contribution is 1.15. The van der Waals surface area contributed by atoms with Crippen LogP contribution in [0.25, 0.3) is 38.9 Å². The predicted molar refractivity (Wildman–Crippen MR) is 111 cm³/mol. The van der Waals surface area contributed by atoms with Crippen LogP contribution in [0.15, 0.2) is 79.1 Å². The number of aromatic nitrogens is 3. The Morgan fingerprint density at radius 2 is 1.19 bits per heavy atom. The van der Waals surface area contributed by atoms with Gasteiger partial charge in [-0.25, -0.2) is 9.97 Å². The molecule has 5 aromatic rings. The first-order valence-electron chi connectivity index (χ1n) is 9.11. The van der Waals surface area contributed by atoms with Gasteiger partial charge in [0.2, 0.25) is 0 Å². The van der Waals surface area contributed by atoms with Crippen molar-refractivity contribution in [2.45, 2.75) is 13.8 Å². The molecular weight excluding hydrogens is 330 g/mol. The van der Waals surface area contributed by atoms with Crippen LogP contribution < -0.4 is 0 Å². The molecule has 0 amide bonds. The first-order valence-corrected chi connectivity index (χ1v) is 9.11. The number of nitrogens with zero attached hydrogens (tertiary/aromatic N) is 3. The van der Waals surface area contributed by atoms with Gasteiger partial charge in [0.15, 0.2) is 5.82 Å². The van der Waals surface area contributed by atoms with Crippen molar-refractivity contribution in [3.8, 4) is 17.1 Å². The number of rotatable bonds is 2. The Hall–Kier alpha value is -3.46. The number of para-hydroxylation sites is 2. The largest absolute Gasteiger partial charge is 0.309 e. The molecule has 27 heavy (non-hydrogen) atoms. The van der Waals surface area contributed by atoms with Crippen LogP contribution >= 0.6 is 0 Å². The third-order valence-electron chi connectivity index (χ3n) is 5.16. The molecule has 2 aromatic heterocycles. The molecule has 0 aliphatic carbocycles. The van der Waals surface area contributed by atoms with Crippen molar-refractivity contribution < 1.29 is 0 Å². The molecule has 0 spiro atoms. The molecule has 3 aromatic carbocycles. The van der Waals surface area contributed by atoms with E-state index in [1.165, 1.54) is 32.9 Å². The van der Waals surface area contributed by atoms with Crippen LogP contribution in [0.3, 0.4) is 0 Å². The first kappa shape index (κ1) is 15.8. The van der Waals surface area contributed by atoms with E-state index in [4.69, 9.17) is 0 Å². The van der Waals surface area contributed by atoms with Gasteiger partial charge in [-0.15, -0.1) is 0 Å². The summed E-state index contributed by atoms with van der Waals surface area (Å²) in [5.41, 5.74) is 7.26. The standard InChI is InChI=1S/C24H19N3/c1-16-6-3-8-20-21-9-4-7-17(2)23(21)27(22(16)20)19-12-10-18(11-13-19)24-25-14-5-15-26-24/h3-15H,1-2H3. The van der Waals surface area contributed by atoms with Crippen LogP contribution in [0.2, 0.25) is 0 Å². The van der Waals surface area contributed by atoms with Crippen molar-refractivity contribution in [2.24, 2.45) is 0 Å². The van der Waals surface area contributed by atoms with Gasteiger partial charge >= 0.3 is 0 Å². The maximum atomic E-state index is 4.35. The molecule has 0 unspecified atom stereocenters. The topological polar surface area (TPSA) is 30.7 Å². The van der Waals surface area contributed by atoms with Gasteiger partial charge < -0.3 is 4.57 Å². The summed E-state index contributed by atoms with van der Waals surface area (Å²) >= 11 is 0. The normalized spacial score (nSPS) is 11.3. The molecule has 3 heteroatoms. The second-order valence-electron chi connectivity index (χ2n) is 6.90. The van der Waals surface area contributed by atoms with Crippen molar-refractivity contribution in [3.63, 3.8) is 0 Å². The van der Waals surface area contributed by atoms with Gasteiger partial charge in [0.25, 0.3) is 0 Å². The fraction of sp³-hybridized carbons (Fsp3) is 0.0833. The van der Waals surface area contributed by atoms with Gasteiger partial charge in [0.05, 0.1) is 11.0 Å². The van der Waals surface area contributed by atoms with E-state index in [0.29, 0.717) is 0 Å². The minimum absolute atomic E-state index is 0.749. The number of benzene rings is 3. The third-order valence-corrected chi connectivity index (χ3v) is 5.16. The Kier molecular flexibility index (Phi) is 3.54. The van der Waals surface area contributed by atoms with E-state index in [1.807, 2.05) is 6.07 Å². The van der Waals surface area contributed by atoms with E-state index in [1.54, 1.807) is 12.4 Å². The second kappa shape index (κ2) is 6.06. The highest BCUT2D eigenvalue weighted by atomic mass is 15.0. The Morgan fingerprint density at radius 3 is 1.74 bits per heavy atom. The van der Waals surface area contributed by atoms with Crippen molar-refractivity contribution in [1.82, 2.24) is 14.5 Å². The lowest BCUT2D eigenvalue weighted by Gasteiger charge is -2.11. The molecule has 3 nitrogen and oxygen atoms in total. The fourth-order valence-electron chi connectivity index (χ4n) is 3.92. The summed E-state index contributed by atoms with van der Waals surface area (Å²) in [4.78, 5) is 8.70. The lowest BCUT2D eigenvalue weighted by Crippen LogP contribution is -1.97. The molecule has 130 valence electrons. The summed E-state index contributed by atoms with van der Waals surface area (Å²) in [5.74, 6) is 0.749. The maximum Gasteiger partial charge on any atom is 0.159 e. The Bertz CT molecular complexity index is 1210. The van der Waals surface area contributed by atoms with Crippen molar-refractivity contribution in [3.05, 3.63) is 90.3 Å². The molecule has 0 aliphatic heterocycles. The van der Waals surface area contributed by atoms with E-state index >= 15 is 0 Å². The van der Waals surface area contributed by atoms with Gasteiger partial charge in [-0.2, -0.15) is 0 Å². The molecule has 0 N–H and O–H groups in total. The average Bonchev–Trinajstić information content (AvgIpc) is 3.06. The fourth-order valence-corrected chi connectivity index (χ4v) is 3.92. The Balaban J connectivity index is 1.79. The smallest absolute Gasteiger partial charge is 0.159 e. The molecular formula is C24H19N3. The van der Waals surface area contributed by atoms with Crippen LogP contribution in [0.4, 0.5) is 0 Å². The Morgan fingerprint density at radius 1 is 0.630 bits per heavy atom. The summed E-state index contributed by atoms with van der Waals surface area (Å²) in [6.45, 7) is 4.36. The van der Waals surface area contributed by atoms with Crippen LogP contribution in [0, 0.1) is 13.8 Å². The molecule has 0 bridgehead atoms. The van der Waals surface area contributed by atoms with Gasteiger partial charge in [-0.3, -0.25) is 0 Å². The third kappa shape index (κ3) is 2.43. The van der Waals surface area contributed by atoms with Gasteiger partial charge in [0.1, 0.15) is 0 Å². The summed E-state index contributed by atoms with van der Waals surface area (Å²) in [5, 5.41) is 2.59. The molecule has 5 rings (SSSR count). The van der Waals surface area contributed by atoms with Crippen molar-refractivity contribution >= 4 is 21.8 Å². The average molecular weight is 349 g/mol. The zero-order chi connectivity index (χ0) is 18.4. The number of fused-ring (bicyclic) bond motifs is 3. The van der Waals surface area contributed by atoms with E-state index in [0.717, 1.165) is 17.1 Å². The number of hydrogen-bond donors (Lipinski definition) is 0. The molecule has 0 aliphatic rings. The van der Waals surface area contributed by atoms with Crippen molar-refractivity contribution in [2.75, 3.05) is 0 Å². The van der Waals surface area contributed by atoms with Gasteiger partial charge in [-0.05, 0) is 55.3 Å². The summed E-state index contributed by atoms with van der Waals surface area (Å²) < 4.78 is 2.38. The Labute approximate surface area is 157 Å². The van der Waals surface area contributed by atoms with Gasteiger partial charge in [0, 0.05) is 34.4 Å². The summed E-state index contributed by atoms with van der Waals surface area (Å²) in [6.07, 6.45) is 3.55. The van der Waals surface area contributed by atoms with Crippen LogP contribution in [0.1, 0.15) is 11.1 Å². The van der Waals surface area contributed by atoms with E-state index in [2.05, 4.69) is 89.0 Å². The van der Waals surface area contributed by atoms with E-state index in [9.17, 15) is 0 Å². The van der Waals surface area contributed by atoms with E-state index < -0.39 is 0 Å². The zero-order valence-corrected chi connectivity index (χ0v) is 15.3. The minimum atomic E-state index is 0.749. The molecule has 0 atom stereocenters. The highest BCUT2D eigenvalue weighted by Crippen LogP contribution is 2.35.